The summed E-state index contributed by atoms with van der Waals surface area (Å²) in [5, 5.41) is 9.18. The first-order chi connectivity index (χ1) is 9.99. The molecule has 0 aliphatic carbocycles. The Hall–Kier alpha value is -2.08. The number of morpholine rings is 1. The van der Waals surface area contributed by atoms with Gasteiger partial charge < -0.3 is 19.5 Å². The lowest BCUT2D eigenvalue weighted by atomic mass is 10.1. The molecular formula is C15H19NO5. The van der Waals surface area contributed by atoms with E-state index in [4.69, 9.17) is 9.47 Å². The molecule has 1 saturated heterocycles. The fraction of sp³-hybridized carbons (Fsp3) is 0.467. The third-order valence-corrected chi connectivity index (χ3v) is 3.13. The van der Waals surface area contributed by atoms with Gasteiger partial charge in [0.25, 0.3) is 5.91 Å². The van der Waals surface area contributed by atoms with Gasteiger partial charge in [-0.3, -0.25) is 4.79 Å². The standard InChI is InChI=1S/C15H19NO5/c1-10(2)21-12-5-3-4-11(8-12)14(17)16-6-7-20-9-13(16)15(18)19/h3-5,8,10,13H,6-7,9H2,1-2H3,(H,18,19). The molecule has 6 nitrogen and oxygen atoms in total. The average molecular weight is 293 g/mol. The van der Waals surface area contributed by atoms with Crippen LogP contribution in [0.25, 0.3) is 0 Å². The van der Waals surface area contributed by atoms with Gasteiger partial charge in [-0.1, -0.05) is 6.07 Å². The number of benzene rings is 1. The third kappa shape index (κ3) is 3.72. The van der Waals surface area contributed by atoms with E-state index in [9.17, 15) is 14.7 Å². The number of ether oxygens (including phenoxy) is 2. The SMILES string of the molecule is CC(C)Oc1cccc(C(=O)N2CCOCC2C(=O)O)c1. The third-order valence-electron chi connectivity index (χ3n) is 3.13. The zero-order valence-electron chi connectivity index (χ0n) is 12.1. The fourth-order valence-electron chi connectivity index (χ4n) is 2.19. The van der Waals surface area contributed by atoms with Crippen molar-refractivity contribution in [1.29, 1.82) is 0 Å². The molecular weight excluding hydrogens is 274 g/mol. The number of hydrogen-bond donors (Lipinski definition) is 1. The largest absolute Gasteiger partial charge is 0.491 e. The van der Waals surface area contributed by atoms with Crippen molar-refractivity contribution in [2.45, 2.75) is 26.0 Å². The van der Waals surface area contributed by atoms with Crippen LogP contribution in [0.4, 0.5) is 0 Å². The van der Waals surface area contributed by atoms with Crippen LogP contribution in [0.3, 0.4) is 0 Å². The smallest absolute Gasteiger partial charge is 0.328 e. The maximum Gasteiger partial charge on any atom is 0.328 e. The summed E-state index contributed by atoms with van der Waals surface area (Å²) < 4.78 is 10.7. The molecule has 1 amide bonds. The molecule has 1 aromatic carbocycles. The van der Waals surface area contributed by atoms with Crippen LogP contribution < -0.4 is 4.74 Å². The highest BCUT2D eigenvalue weighted by molar-refractivity contribution is 5.97. The molecule has 1 fully saturated rings. The van der Waals surface area contributed by atoms with Crippen LogP contribution in [0.1, 0.15) is 24.2 Å². The summed E-state index contributed by atoms with van der Waals surface area (Å²) in [4.78, 5) is 25.1. The summed E-state index contributed by atoms with van der Waals surface area (Å²) in [6, 6.07) is 5.84. The van der Waals surface area contributed by atoms with E-state index in [1.807, 2.05) is 13.8 Å². The number of amides is 1. The molecule has 1 aromatic rings. The molecule has 1 aliphatic heterocycles. The van der Waals surface area contributed by atoms with Crippen LogP contribution in [-0.4, -0.2) is 53.8 Å². The molecule has 0 bridgehead atoms. The topological polar surface area (TPSA) is 76.1 Å². The quantitative estimate of drug-likeness (QED) is 0.908. The van der Waals surface area contributed by atoms with E-state index in [1.165, 1.54) is 4.90 Å². The highest BCUT2D eigenvalue weighted by Gasteiger charge is 2.33. The van der Waals surface area contributed by atoms with E-state index in [1.54, 1.807) is 24.3 Å². The van der Waals surface area contributed by atoms with E-state index in [2.05, 4.69) is 0 Å². The summed E-state index contributed by atoms with van der Waals surface area (Å²) in [6.07, 6.45) is 0.00510. The Labute approximate surface area is 123 Å². The van der Waals surface area contributed by atoms with Crippen molar-refractivity contribution in [3.8, 4) is 5.75 Å². The van der Waals surface area contributed by atoms with Crippen molar-refractivity contribution >= 4 is 11.9 Å². The Morgan fingerprint density at radius 1 is 1.43 bits per heavy atom. The maximum absolute atomic E-state index is 12.5. The fourth-order valence-corrected chi connectivity index (χ4v) is 2.19. The summed E-state index contributed by atoms with van der Waals surface area (Å²) >= 11 is 0. The number of carboxylic acid groups (broad SMARTS) is 1. The minimum atomic E-state index is -1.06. The number of rotatable bonds is 4. The normalized spacial score (nSPS) is 18.6. The van der Waals surface area contributed by atoms with Gasteiger partial charge in [-0.25, -0.2) is 4.79 Å². The predicted molar refractivity (Wildman–Crippen MR) is 75.5 cm³/mol. The van der Waals surface area contributed by atoms with E-state index < -0.39 is 12.0 Å². The minimum Gasteiger partial charge on any atom is -0.491 e. The number of carbonyl (C=O) groups excluding carboxylic acids is 1. The molecule has 0 spiro atoms. The lowest BCUT2D eigenvalue weighted by Crippen LogP contribution is -2.52. The van der Waals surface area contributed by atoms with E-state index in [-0.39, 0.29) is 25.2 Å². The van der Waals surface area contributed by atoms with Gasteiger partial charge in [-0.2, -0.15) is 0 Å². The monoisotopic (exact) mass is 293 g/mol. The number of nitrogens with zero attached hydrogens (tertiary/aromatic N) is 1. The van der Waals surface area contributed by atoms with Crippen molar-refractivity contribution < 1.29 is 24.2 Å². The maximum atomic E-state index is 12.5. The molecule has 0 saturated carbocycles. The first-order valence-electron chi connectivity index (χ1n) is 6.87. The average Bonchev–Trinajstić information content (AvgIpc) is 2.46. The first kappa shape index (κ1) is 15.3. The molecule has 1 unspecified atom stereocenters. The molecule has 2 rings (SSSR count). The Morgan fingerprint density at radius 3 is 2.86 bits per heavy atom. The lowest BCUT2D eigenvalue weighted by molar-refractivity contribution is -0.147. The van der Waals surface area contributed by atoms with E-state index >= 15 is 0 Å². The molecule has 1 N–H and O–H groups in total. The van der Waals surface area contributed by atoms with Crippen LogP contribution in [0, 0.1) is 0 Å². The molecule has 6 heteroatoms. The number of carbonyl (C=O) groups is 2. The molecule has 1 aliphatic rings. The Balaban J connectivity index is 2.20. The number of carboxylic acids is 1. The van der Waals surface area contributed by atoms with Gasteiger partial charge in [0.05, 0.1) is 19.3 Å². The molecule has 114 valence electrons. The summed E-state index contributed by atoms with van der Waals surface area (Å²) in [5.74, 6) is -0.784. The van der Waals surface area contributed by atoms with Crippen LogP contribution >= 0.6 is 0 Å². The Bertz CT molecular complexity index is 529. The zero-order chi connectivity index (χ0) is 15.4. The first-order valence-corrected chi connectivity index (χ1v) is 6.87. The van der Waals surface area contributed by atoms with Crippen LogP contribution in [-0.2, 0) is 9.53 Å². The van der Waals surface area contributed by atoms with Crippen LogP contribution in [0.2, 0.25) is 0 Å². The second kappa shape index (κ2) is 6.58. The van der Waals surface area contributed by atoms with Gasteiger partial charge in [0.15, 0.2) is 6.04 Å². The summed E-state index contributed by atoms with van der Waals surface area (Å²) in [7, 11) is 0. The molecule has 0 aromatic heterocycles. The van der Waals surface area contributed by atoms with Crippen molar-refractivity contribution in [3.05, 3.63) is 29.8 Å². The minimum absolute atomic E-state index is 0.00510. The molecule has 21 heavy (non-hydrogen) atoms. The number of aliphatic carboxylic acids is 1. The van der Waals surface area contributed by atoms with Crippen molar-refractivity contribution in [3.63, 3.8) is 0 Å². The van der Waals surface area contributed by atoms with E-state index in [0.29, 0.717) is 17.9 Å². The van der Waals surface area contributed by atoms with Gasteiger partial charge in [-0.05, 0) is 32.0 Å². The summed E-state index contributed by atoms with van der Waals surface area (Å²) in [6.45, 7) is 4.43. The molecule has 1 heterocycles. The highest BCUT2D eigenvalue weighted by atomic mass is 16.5. The Morgan fingerprint density at radius 2 is 2.19 bits per heavy atom. The van der Waals surface area contributed by atoms with Crippen molar-refractivity contribution in [1.82, 2.24) is 4.90 Å². The highest BCUT2D eigenvalue weighted by Crippen LogP contribution is 2.18. The Kier molecular flexibility index (Phi) is 4.80. The van der Waals surface area contributed by atoms with Gasteiger partial charge in [-0.15, -0.1) is 0 Å². The van der Waals surface area contributed by atoms with Crippen LogP contribution in [0.15, 0.2) is 24.3 Å². The van der Waals surface area contributed by atoms with Gasteiger partial charge in [0, 0.05) is 12.1 Å². The van der Waals surface area contributed by atoms with Crippen molar-refractivity contribution in [2.24, 2.45) is 0 Å². The lowest BCUT2D eigenvalue weighted by Gasteiger charge is -2.32. The second-order valence-corrected chi connectivity index (χ2v) is 5.12. The zero-order valence-corrected chi connectivity index (χ0v) is 12.1. The number of hydrogen-bond acceptors (Lipinski definition) is 4. The molecule has 1 atom stereocenters. The van der Waals surface area contributed by atoms with Crippen LogP contribution in [0.5, 0.6) is 5.75 Å². The predicted octanol–water partition coefficient (Wildman–Crippen LogP) is 1.40. The summed E-state index contributed by atoms with van der Waals surface area (Å²) in [5.41, 5.74) is 0.418. The van der Waals surface area contributed by atoms with Gasteiger partial charge in [0.1, 0.15) is 5.75 Å². The van der Waals surface area contributed by atoms with Gasteiger partial charge in [0.2, 0.25) is 0 Å². The van der Waals surface area contributed by atoms with Gasteiger partial charge >= 0.3 is 5.97 Å². The molecule has 0 radical (unpaired) electrons. The van der Waals surface area contributed by atoms with E-state index in [0.717, 1.165) is 0 Å². The van der Waals surface area contributed by atoms with Crippen molar-refractivity contribution in [2.75, 3.05) is 19.8 Å². The second-order valence-electron chi connectivity index (χ2n) is 5.12.